The largest absolute Gasteiger partial charge is 0.469 e. The maximum absolute atomic E-state index is 5.26. The maximum Gasteiger partial charge on any atom is 0.105 e. The van der Waals surface area contributed by atoms with Crippen LogP contribution in [0, 0.1) is 6.92 Å². The van der Waals surface area contributed by atoms with Crippen molar-refractivity contribution in [3.05, 3.63) is 36.3 Å². The average molecular weight is 179 g/mol. The molecule has 0 fully saturated rings. The van der Waals surface area contributed by atoms with E-state index >= 15 is 0 Å². The molecule has 1 heterocycles. The number of furan rings is 1. The number of hydrogen-bond donors (Lipinski definition) is 1. The Morgan fingerprint density at radius 2 is 2.46 bits per heavy atom. The van der Waals surface area contributed by atoms with Gasteiger partial charge in [0.15, 0.2) is 0 Å². The standard InChI is InChI=1S/C11H17NO/c1-4-5-6-11(12-3)10-7-8-13-9(10)2/h4,7-8,11-12H,1,5-6H2,2-3H3. The van der Waals surface area contributed by atoms with Crippen LogP contribution in [-0.2, 0) is 0 Å². The highest BCUT2D eigenvalue weighted by molar-refractivity contribution is 5.20. The first-order chi connectivity index (χ1) is 6.29. The predicted octanol–water partition coefficient (Wildman–Crippen LogP) is 2.81. The van der Waals surface area contributed by atoms with Gasteiger partial charge >= 0.3 is 0 Å². The normalized spacial score (nSPS) is 12.8. The molecule has 0 aromatic carbocycles. The van der Waals surface area contributed by atoms with Crippen LogP contribution in [-0.4, -0.2) is 7.05 Å². The molecule has 0 aliphatic carbocycles. The molecule has 1 aromatic rings. The lowest BCUT2D eigenvalue weighted by Crippen LogP contribution is -2.16. The molecule has 0 aliphatic rings. The number of aryl methyl sites for hydroxylation is 1. The highest BCUT2D eigenvalue weighted by Crippen LogP contribution is 2.22. The Labute approximate surface area is 79.6 Å². The number of nitrogens with one attached hydrogen (secondary N) is 1. The molecule has 0 bridgehead atoms. The number of allylic oxidation sites excluding steroid dienone is 1. The lowest BCUT2D eigenvalue weighted by atomic mass is 10.0. The highest BCUT2D eigenvalue weighted by atomic mass is 16.3. The van der Waals surface area contributed by atoms with Gasteiger partial charge in [-0.1, -0.05) is 6.08 Å². The smallest absolute Gasteiger partial charge is 0.105 e. The van der Waals surface area contributed by atoms with Gasteiger partial charge in [0.05, 0.1) is 6.26 Å². The van der Waals surface area contributed by atoms with Gasteiger partial charge in [-0.15, -0.1) is 6.58 Å². The minimum Gasteiger partial charge on any atom is -0.469 e. The first-order valence-corrected chi connectivity index (χ1v) is 4.61. The predicted molar refractivity (Wildman–Crippen MR) is 54.7 cm³/mol. The van der Waals surface area contributed by atoms with E-state index in [1.165, 1.54) is 5.56 Å². The van der Waals surface area contributed by atoms with Crippen molar-refractivity contribution in [1.82, 2.24) is 5.32 Å². The molecule has 0 aliphatic heterocycles. The van der Waals surface area contributed by atoms with Crippen molar-refractivity contribution < 1.29 is 4.42 Å². The SMILES string of the molecule is C=CCCC(NC)c1ccoc1C. The Balaban J connectivity index is 2.66. The van der Waals surface area contributed by atoms with Crippen LogP contribution >= 0.6 is 0 Å². The second-order valence-electron chi connectivity index (χ2n) is 3.14. The second-order valence-corrected chi connectivity index (χ2v) is 3.14. The molecule has 0 spiro atoms. The molecule has 2 nitrogen and oxygen atoms in total. The summed E-state index contributed by atoms with van der Waals surface area (Å²) in [7, 11) is 1.97. The summed E-state index contributed by atoms with van der Waals surface area (Å²) in [5, 5.41) is 3.27. The van der Waals surface area contributed by atoms with Crippen molar-refractivity contribution >= 4 is 0 Å². The van der Waals surface area contributed by atoms with E-state index in [-0.39, 0.29) is 0 Å². The summed E-state index contributed by atoms with van der Waals surface area (Å²) in [5.74, 6) is 1.00. The molecule has 1 atom stereocenters. The van der Waals surface area contributed by atoms with Crippen molar-refractivity contribution in [3.63, 3.8) is 0 Å². The van der Waals surface area contributed by atoms with Crippen LogP contribution in [0.4, 0.5) is 0 Å². The molecule has 1 aromatic heterocycles. The minimum absolute atomic E-state index is 0.386. The molecule has 72 valence electrons. The van der Waals surface area contributed by atoms with E-state index in [1.807, 2.05) is 26.1 Å². The summed E-state index contributed by atoms with van der Waals surface area (Å²) in [6.45, 7) is 5.71. The van der Waals surface area contributed by atoms with Crippen LogP contribution < -0.4 is 5.32 Å². The van der Waals surface area contributed by atoms with E-state index in [2.05, 4.69) is 11.9 Å². The number of rotatable bonds is 5. The van der Waals surface area contributed by atoms with Crippen LogP contribution in [0.5, 0.6) is 0 Å². The van der Waals surface area contributed by atoms with Crippen molar-refractivity contribution in [2.45, 2.75) is 25.8 Å². The molecule has 1 unspecified atom stereocenters. The van der Waals surface area contributed by atoms with Crippen LogP contribution in [0.2, 0.25) is 0 Å². The Bertz CT molecular complexity index is 265. The third-order valence-corrected chi connectivity index (χ3v) is 2.28. The van der Waals surface area contributed by atoms with E-state index in [9.17, 15) is 0 Å². The summed E-state index contributed by atoms with van der Waals surface area (Å²) in [4.78, 5) is 0. The zero-order valence-corrected chi connectivity index (χ0v) is 8.34. The van der Waals surface area contributed by atoms with Crippen molar-refractivity contribution in [2.24, 2.45) is 0 Å². The van der Waals surface area contributed by atoms with E-state index in [1.54, 1.807) is 6.26 Å². The highest BCUT2D eigenvalue weighted by Gasteiger charge is 2.12. The van der Waals surface area contributed by atoms with Gasteiger partial charge in [-0.05, 0) is 32.9 Å². The molecular weight excluding hydrogens is 162 g/mol. The van der Waals surface area contributed by atoms with Crippen LogP contribution in [0.15, 0.2) is 29.4 Å². The van der Waals surface area contributed by atoms with Crippen LogP contribution in [0.3, 0.4) is 0 Å². The first kappa shape index (κ1) is 10.1. The third-order valence-electron chi connectivity index (χ3n) is 2.28. The first-order valence-electron chi connectivity index (χ1n) is 4.61. The number of hydrogen-bond acceptors (Lipinski definition) is 2. The zero-order chi connectivity index (χ0) is 9.68. The van der Waals surface area contributed by atoms with Crippen LogP contribution in [0.1, 0.15) is 30.2 Å². The lowest BCUT2D eigenvalue weighted by Gasteiger charge is -2.13. The van der Waals surface area contributed by atoms with Gasteiger partial charge in [0.25, 0.3) is 0 Å². The van der Waals surface area contributed by atoms with Crippen molar-refractivity contribution in [2.75, 3.05) is 7.05 Å². The third kappa shape index (κ3) is 2.46. The summed E-state index contributed by atoms with van der Waals surface area (Å²) in [6, 6.07) is 2.41. The quantitative estimate of drug-likeness (QED) is 0.703. The Hall–Kier alpha value is -1.02. The summed E-state index contributed by atoms with van der Waals surface area (Å²) in [6.07, 6.45) is 5.78. The fourth-order valence-corrected chi connectivity index (χ4v) is 1.50. The second kappa shape index (κ2) is 4.87. The van der Waals surface area contributed by atoms with Gasteiger partial charge in [-0.3, -0.25) is 0 Å². The van der Waals surface area contributed by atoms with Gasteiger partial charge in [0.1, 0.15) is 5.76 Å². The lowest BCUT2D eigenvalue weighted by molar-refractivity contribution is 0.502. The monoisotopic (exact) mass is 179 g/mol. The average Bonchev–Trinajstić information content (AvgIpc) is 2.54. The fraction of sp³-hybridized carbons (Fsp3) is 0.455. The summed E-state index contributed by atoms with van der Waals surface area (Å²) >= 11 is 0. The van der Waals surface area contributed by atoms with Gasteiger partial charge in [-0.2, -0.15) is 0 Å². The minimum atomic E-state index is 0.386. The molecule has 0 saturated heterocycles. The Morgan fingerprint density at radius 3 is 2.92 bits per heavy atom. The fourth-order valence-electron chi connectivity index (χ4n) is 1.50. The van der Waals surface area contributed by atoms with Gasteiger partial charge in [0.2, 0.25) is 0 Å². The van der Waals surface area contributed by atoms with Gasteiger partial charge in [-0.25, -0.2) is 0 Å². The zero-order valence-electron chi connectivity index (χ0n) is 8.34. The summed E-state index contributed by atoms with van der Waals surface area (Å²) in [5.41, 5.74) is 1.25. The van der Waals surface area contributed by atoms with E-state index in [0.717, 1.165) is 18.6 Å². The maximum atomic E-state index is 5.26. The molecular formula is C11H17NO. The van der Waals surface area contributed by atoms with E-state index < -0.39 is 0 Å². The van der Waals surface area contributed by atoms with Crippen molar-refractivity contribution in [3.8, 4) is 0 Å². The Kier molecular flexibility index (Phi) is 3.77. The molecule has 13 heavy (non-hydrogen) atoms. The molecule has 1 N–H and O–H groups in total. The van der Waals surface area contributed by atoms with E-state index in [4.69, 9.17) is 4.42 Å². The Morgan fingerprint density at radius 1 is 1.69 bits per heavy atom. The molecule has 0 saturated carbocycles. The molecule has 2 heteroatoms. The molecule has 0 radical (unpaired) electrons. The van der Waals surface area contributed by atoms with Crippen LogP contribution in [0.25, 0.3) is 0 Å². The van der Waals surface area contributed by atoms with Gasteiger partial charge < -0.3 is 9.73 Å². The van der Waals surface area contributed by atoms with Gasteiger partial charge in [0, 0.05) is 11.6 Å². The van der Waals surface area contributed by atoms with Crippen molar-refractivity contribution in [1.29, 1.82) is 0 Å². The molecule has 1 rings (SSSR count). The molecule has 0 amide bonds. The topological polar surface area (TPSA) is 25.2 Å². The van der Waals surface area contributed by atoms with E-state index in [0.29, 0.717) is 6.04 Å². The summed E-state index contributed by atoms with van der Waals surface area (Å²) < 4.78 is 5.26.